The van der Waals surface area contributed by atoms with Crippen LogP contribution in [0, 0.1) is 12.7 Å². The maximum Gasteiger partial charge on any atom is 0.408 e. The van der Waals surface area contributed by atoms with Crippen LogP contribution in [-0.2, 0) is 9.53 Å². The molecule has 1 N–H and O–H groups in total. The van der Waals surface area contributed by atoms with Crippen LogP contribution in [0.1, 0.15) is 32.8 Å². The lowest BCUT2D eigenvalue weighted by Gasteiger charge is -2.22. The van der Waals surface area contributed by atoms with Crippen molar-refractivity contribution in [3.63, 3.8) is 0 Å². The van der Waals surface area contributed by atoms with Crippen molar-refractivity contribution < 1.29 is 18.7 Å². The second kappa shape index (κ2) is 6.47. The normalized spacial score (nSPS) is 18.3. The Morgan fingerprint density at radius 1 is 1.43 bits per heavy atom. The second-order valence-electron chi connectivity index (χ2n) is 6.48. The molecule has 2 rings (SSSR count). The van der Waals surface area contributed by atoms with E-state index in [1.54, 1.807) is 39.8 Å². The highest BCUT2D eigenvalue weighted by atomic mass is 79.9. The summed E-state index contributed by atoms with van der Waals surface area (Å²) >= 11 is 3.12. The van der Waals surface area contributed by atoms with Crippen LogP contribution in [-0.4, -0.2) is 30.2 Å². The Balaban J connectivity index is 2.11. The first kappa shape index (κ1) is 17.7. The summed E-state index contributed by atoms with van der Waals surface area (Å²) in [6.07, 6.45) is -0.175. The summed E-state index contributed by atoms with van der Waals surface area (Å²) in [5, 5.41) is 2.57. The minimum Gasteiger partial charge on any atom is -0.444 e. The van der Waals surface area contributed by atoms with Crippen LogP contribution in [0.4, 0.5) is 14.9 Å². The molecule has 0 radical (unpaired) electrons. The molecule has 1 heterocycles. The molecule has 1 aliphatic rings. The van der Waals surface area contributed by atoms with Crippen molar-refractivity contribution in [2.75, 3.05) is 11.4 Å². The van der Waals surface area contributed by atoms with Gasteiger partial charge in [-0.2, -0.15) is 0 Å². The van der Waals surface area contributed by atoms with Crippen LogP contribution >= 0.6 is 15.9 Å². The van der Waals surface area contributed by atoms with Gasteiger partial charge in [-0.15, -0.1) is 0 Å². The molecule has 126 valence electrons. The molecule has 1 aliphatic heterocycles. The monoisotopic (exact) mass is 386 g/mol. The standard InChI is InChI=1S/C16H20BrFN2O3/c1-9-12(6-5-10(17)13(9)18)20-8-7-11(14(20)21)19-15(22)23-16(2,3)4/h5-6,11H,7-8H2,1-4H3,(H,19,22). The third-order valence-electron chi connectivity index (χ3n) is 3.50. The van der Waals surface area contributed by atoms with E-state index in [1.165, 1.54) is 4.90 Å². The average molecular weight is 387 g/mol. The van der Waals surface area contributed by atoms with Gasteiger partial charge < -0.3 is 15.0 Å². The van der Waals surface area contributed by atoms with Gasteiger partial charge in [0.15, 0.2) is 0 Å². The lowest BCUT2D eigenvalue weighted by Crippen LogP contribution is -2.43. The van der Waals surface area contributed by atoms with E-state index in [-0.39, 0.29) is 11.7 Å². The minimum absolute atomic E-state index is 0.263. The third kappa shape index (κ3) is 4.02. The van der Waals surface area contributed by atoms with Crippen molar-refractivity contribution in [2.24, 2.45) is 0 Å². The molecule has 1 saturated heterocycles. The zero-order valence-corrected chi connectivity index (χ0v) is 15.2. The van der Waals surface area contributed by atoms with Gasteiger partial charge >= 0.3 is 6.09 Å². The van der Waals surface area contributed by atoms with E-state index in [9.17, 15) is 14.0 Å². The highest BCUT2D eigenvalue weighted by Gasteiger charge is 2.35. The molecule has 1 aromatic carbocycles. The smallest absolute Gasteiger partial charge is 0.408 e. The summed E-state index contributed by atoms with van der Waals surface area (Å²) in [6, 6.07) is 2.60. The molecule has 1 aromatic rings. The van der Waals surface area contributed by atoms with E-state index >= 15 is 0 Å². The van der Waals surface area contributed by atoms with Crippen molar-refractivity contribution >= 4 is 33.6 Å². The number of carbonyl (C=O) groups excluding carboxylic acids is 2. The molecule has 23 heavy (non-hydrogen) atoms. The maximum absolute atomic E-state index is 14.0. The van der Waals surface area contributed by atoms with Crippen molar-refractivity contribution in [2.45, 2.75) is 45.8 Å². The van der Waals surface area contributed by atoms with Crippen molar-refractivity contribution in [3.05, 3.63) is 28.0 Å². The lowest BCUT2D eigenvalue weighted by molar-refractivity contribution is -0.118. The molecular formula is C16H20BrFN2O3. The largest absolute Gasteiger partial charge is 0.444 e. The summed E-state index contributed by atoms with van der Waals surface area (Å²) in [4.78, 5) is 25.8. The molecule has 0 saturated carbocycles. The number of alkyl carbamates (subject to hydrolysis) is 1. The van der Waals surface area contributed by atoms with Crippen molar-refractivity contribution in [3.8, 4) is 0 Å². The molecule has 7 heteroatoms. The Labute approximate surface area is 143 Å². The average Bonchev–Trinajstić information content (AvgIpc) is 2.76. The van der Waals surface area contributed by atoms with Crippen LogP contribution in [0.3, 0.4) is 0 Å². The number of nitrogens with one attached hydrogen (secondary N) is 1. The maximum atomic E-state index is 14.0. The van der Waals surface area contributed by atoms with E-state index in [2.05, 4.69) is 21.2 Å². The summed E-state index contributed by atoms with van der Waals surface area (Å²) in [6.45, 7) is 7.30. The van der Waals surface area contributed by atoms with Gasteiger partial charge in [0.2, 0.25) is 5.91 Å². The van der Waals surface area contributed by atoms with Gasteiger partial charge in [0.05, 0.1) is 4.47 Å². The Kier molecular flexibility index (Phi) is 4.98. The van der Waals surface area contributed by atoms with Crippen LogP contribution in [0.2, 0.25) is 0 Å². The van der Waals surface area contributed by atoms with Crippen LogP contribution in [0.5, 0.6) is 0 Å². The number of benzene rings is 1. The molecule has 5 nitrogen and oxygen atoms in total. The SMILES string of the molecule is Cc1c(N2CCC(NC(=O)OC(C)(C)C)C2=O)ccc(Br)c1F. The van der Waals surface area contributed by atoms with Gasteiger partial charge in [0.1, 0.15) is 17.5 Å². The fraction of sp³-hybridized carbons (Fsp3) is 0.500. The molecular weight excluding hydrogens is 367 g/mol. The Morgan fingerprint density at radius 2 is 2.09 bits per heavy atom. The van der Waals surface area contributed by atoms with Gasteiger partial charge in [-0.3, -0.25) is 4.79 Å². The zero-order valence-electron chi connectivity index (χ0n) is 13.6. The topological polar surface area (TPSA) is 58.6 Å². The number of anilines is 1. The number of ether oxygens (including phenoxy) is 1. The third-order valence-corrected chi connectivity index (χ3v) is 4.11. The van der Waals surface area contributed by atoms with E-state index in [1.807, 2.05) is 0 Å². The Hall–Kier alpha value is -1.63. The number of halogens is 2. The molecule has 0 aliphatic carbocycles. The first-order chi connectivity index (χ1) is 10.6. The second-order valence-corrected chi connectivity index (χ2v) is 7.34. The molecule has 2 amide bonds. The molecule has 0 aromatic heterocycles. The molecule has 1 unspecified atom stereocenters. The molecule has 0 spiro atoms. The fourth-order valence-corrected chi connectivity index (χ4v) is 2.87. The predicted octanol–water partition coefficient (Wildman–Crippen LogP) is 3.53. The first-order valence-electron chi connectivity index (χ1n) is 7.35. The van der Waals surface area contributed by atoms with Crippen LogP contribution in [0.15, 0.2) is 16.6 Å². The fourth-order valence-electron chi connectivity index (χ4n) is 2.44. The van der Waals surface area contributed by atoms with Gasteiger partial charge in [-0.25, -0.2) is 9.18 Å². The predicted molar refractivity (Wildman–Crippen MR) is 89.0 cm³/mol. The van der Waals surface area contributed by atoms with E-state index in [0.29, 0.717) is 28.7 Å². The highest BCUT2D eigenvalue weighted by Crippen LogP contribution is 2.30. The van der Waals surface area contributed by atoms with Crippen LogP contribution < -0.4 is 10.2 Å². The number of rotatable bonds is 2. The van der Waals surface area contributed by atoms with Crippen molar-refractivity contribution in [1.82, 2.24) is 5.32 Å². The number of amides is 2. The highest BCUT2D eigenvalue weighted by molar-refractivity contribution is 9.10. The zero-order chi connectivity index (χ0) is 17.4. The summed E-state index contributed by atoms with van der Waals surface area (Å²) < 4.78 is 19.5. The quantitative estimate of drug-likeness (QED) is 0.845. The first-order valence-corrected chi connectivity index (χ1v) is 8.15. The molecule has 1 atom stereocenters. The number of hydrogen-bond donors (Lipinski definition) is 1. The lowest BCUT2D eigenvalue weighted by atomic mass is 10.1. The Morgan fingerprint density at radius 3 is 2.70 bits per heavy atom. The van der Waals surface area contributed by atoms with E-state index in [0.717, 1.165) is 0 Å². The summed E-state index contributed by atoms with van der Waals surface area (Å²) in [5.41, 5.74) is 0.284. The van der Waals surface area contributed by atoms with Gasteiger partial charge in [-0.1, -0.05) is 0 Å². The number of carbonyl (C=O) groups is 2. The Bertz CT molecular complexity index is 643. The van der Waals surface area contributed by atoms with Crippen molar-refractivity contribution in [1.29, 1.82) is 0 Å². The van der Waals surface area contributed by atoms with E-state index < -0.39 is 17.7 Å². The number of nitrogens with zero attached hydrogens (tertiary/aromatic N) is 1. The van der Waals surface area contributed by atoms with Gasteiger partial charge in [0, 0.05) is 17.8 Å². The summed E-state index contributed by atoms with van der Waals surface area (Å²) in [7, 11) is 0. The molecule has 1 fully saturated rings. The van der Waals surface area contributed by atoms with E-state index in [4.69, 9.17) is 4.74 Å². The molecule has 0 bridgehead atoms. The summed E-state index contributed by atoms with van der Waals surface area (Å²) in [5.74, 6) is -0.653. The van der Waals surface area contributed by atoms with Gasteiger partial charge in [0.25, 0.3) is 0 Å². The number of hydrogen-bond acceptors (Lipinski definition) is 3. The minimum atomic E-state index is -0.657. The van der Waals surface area contributed by atoms with Gasteiger partial charge in [-0.05, 0) is 62.2 Å². The van der Waals surface area contributed by atoms with Crippen LogP contribution in [0.25, 0.3) is 0 Å².